The molecule has 0 spiro atoms. The van der Waals surface area contributed by atoms with Gasteiger partial charge in [0.1, 0.15) is 11.9 Å². The number of methoxy groups -OCH3 is 1. The van der Waals surface area contributed by atoms with Gasteiger partial charge in [-0.05, 0) is 24.3 Å². The van der Waals surface area contributed by atoms with Crippen molar-refractivity contribution in [1.29, 1.82) is 0 Å². The van der Waals surface area contributed by atoms with Gasteiger partial charge in [-0.2, -0.15) is 4.31 Å². The lowest BCUT2D eigenvalue weighted by Gasteiger charge is -2.32. The van der Waals surface area contributed by atoms with E-state index in [1.807, 2.05) is 0 Å². The third-order valence-electron chi connectivity index (χ3n) is 4.08. The van der Waals surface area contributed by atoms with Crippen LogP contribution in [0.5, 0.6) is 0 Å². The molecular formula is C15H16FN3O4S. The van der Waals surface area contributed by atoms with Crippen LogP contribution in [-0.4, -0.2) is 41.4 Å². The molecule has 0 aliphatic carbocycles. The first-order valence-corrected chi connectivity index (χ1v) is 8.63. The summed E-state index contributed by atoms with van der Waals surface area (Å²) in [7, 11) is -1.03. The van der Waals surface area contributed by atoms with E-state index in [1.54, 1.807) is 17.9 Å². The zero-order valence-electron chi connectivity index (χ0n) is 13.1. The maximum absolute atomic E-state index is 13.1. The zero-order chi connectivity index (χ0) is 17.5. The molecule has 1 aliphatic rings. The number of carbonyl (C=O) groups excluding carboxylic acids is 1. The number of carbonyl (C=O) groups is 1. The summed E-state index contributed by atoms with van der Waals surface area (Å²) in [5, 5.41) is 0. The van der Waals surface area contributed by atoms with Gasteiger partial charge in [-0.1, -0.05) is 0 Å². The summed E-state index contributed by atoms with van der Waals surface area (Å²) in [4.78, 5) is 16.2. The minimum atomic E-state index is -4.00. The van der Waals surface area contributed by atoms with Gasteiger partial charge < -0.3 is 9.30 Å². The molecule has 1 unspecified atom stereocenters. The Bertz CT molecular complexity index is 877. The van der Waals surface area contributed by atoms with Crippen molar-refractivity contribution in [3.8, 4) is 0 Å². The Morgan fingerprint density at radius 1 is 1.33 bits per heavy atom. The number of aromatic nitrogens is 2. The lowest BCUT2D eigenvalue weighted by Crippen LogP contribution is -2.49. The summed E-state index contributed by atoms with van der Waals surface area (Å²) in [5.74, 6) is -1.19. The van der Waals surface area contributed by atoms with Crippen LogP contribution in [0.25, 0.3) is 0 Å². The van der Waals surface area contributed by atoms with Gasteiger partial charge in [0.2, 0.25) is 10.0 Å². The Morgan fingerprint density at radius 2 is 2.00 bits per heavy atom. The van der Waals surface area contributed by atoms with Gasteiger partial charge >= 0.3 is 5.97 Å². The molecule has 2 aromatic rings. The van der Waals surface area contributed by atoms with E-state index in [4.69, 9.17) is 4.74 Å². The van der Waals surface area contributed by atoms with Crippen LogP contribution in [0, 0.1) is 5.82 Å². The normalized spacial score (nSPS) is 18.2. The average molecular weight is 353 g/mol. The number of rotatable bonds is 3. The molecule has 9 heteroatoms. The SMILES string of the molecule is COC(=O)C1Cc2ncn(C)c2CN1S(=O)(=O)c1ccc(F)cc1. The summed E-state index contributed by atoms with van der Waals surface area (Å²) in [6.07, 6.45) is 1.70. The molecule has 3 rings (SSSR count). The summed E-state index contributed by atoms with van der Waals surface area (Å²) in [6.45, 7) is -0.00862. The highest BCUT2D eigenvalue weighted by atomic mass is 32.2. The van der Waals surface area contributed by atoms with Crippen LogP contribution in [0.4, 0.5) is 4.39 Å². The molecule has 7 nitrogen and oxygen atoms in total. The molecule has 0 saturated heterocycles. The minimum absolute atomic E-state index is 0.00862. The number of sulfonamides is 1. The maximum atomic E-state index is 13.1. The largest absolute Gasteiger partial charge is 0.468 e. The fraction of sp³-hybridized carbons (Fsp3) is 0.333. The highest BCUT2D eigenvalue weighted by Crippen LogP contribution is 2.29. The topological polar surface area (TPSA) is 81.5 Å². The van der Waals surface area contributed by atoms with E-state index in [9.17, 15) is 17.6 Å². The molecule has 1 aromatic carbocycles. The Labute approximate surface area is 138 Å². The highest BCUT2D eigenvalue weighted by Gasteiger charge is 2.41. The van der Waals surface area contributed by atoms with Crippen molar-refractivity contribution in [2.75, 3.05) is 7.11 Å². The third kappa shape index (κ3) is 2.69. The first-order valence-electron chi connectivity index (χ1n) is 7.19. The number of halogens is 1. The molecule has 1 aliphatic heterocycles. The average Bonchev–Trinajstić information content (AvgIpc) is 2.94. The quantitative estimate of drug-likeness (QED) is 0.764. The Balaban J connectivity index is 2.06. The number of imidazole rings is 1. The smallest absolute Gasteiger partial charge is 0.324 e. The van der Waals surface area contributed by atoms with Crippen molar-refractivity contribution in [2.45, 2.75) is 23.9 Å². The number of ether oxygens (including phenoxy) is 1. The van der Waals surface area contributed by atoms with Crippen molar-refractivity contribution < 1.29 is 22.3 Å². The lowest BCUT2D eigenvalue weighted by atomic mass is 10.1. The first-order chi connectivity index (χ1) is 11.3. The van der Waals surface area contributed by atoms with E-state index < -0.39 is 27.9 Å². The molecule has 2 heterocycles. The van der Waals surface area contributed by atoms with Crippen LogP contribution < -0.4 is 0 Å². The molecular weight excluding hydrogens is 337 g/mol. The predicted molar refractivity (Wildman–Crippen MR) is 81.8 cm³/mol. The van der Waals surface area contributed by atoms with E-state index in [0.29, 0.717) is 11.4 Å². The second kappa shape index (κ2) is 5.99. The predicted octanol–water partition coefficient (Wildman–Crippen LogP) is 0.848. The Morgan fingerprint density at radius 3 is 2.62 bits per heavy atom. The molecule has 24 heavy (non-hydrogen) atoms. The van der Waals surface area contributed by atoms with E-state index in [1.165, 1.54) is 19.2 Å². The zero-order valence-corrected chi connectivity index (χ0v) is 14.0. The summed E-state index contributed by atoms with van der Waals surface area (Å²) in [5.41, 5.74) is 1.37. The molecule has 128 valence electrons. The monoisotopic (exact) mass is 353 g/mol. The Kier molecular flexibility index (Phi) is 4.14. The highest BCUT2D eigenvalue weighted by molar-refractivity contribution is 7.89. The standard InChI is InChI=1S/C15H16FN3O4S/c1-18-9-17-12-7-13(15(20)23-2)19(8-14(12)18)24(21,22)11-5-3-10(16)4-6-11/h3-6,9,13H,7-8H2,1-2H3. The first kappa shape index (κ1) is 16.6. The van der Waals surface area contributed by atoms with Crippen LogP contribution in [0.3, 0.4) is 0 Å². The summed E-state index contributed by atoms with van der Waals surface area (Å²) < 4.78 is 46.5. The number of esters is 1. The van der Waals surface area contributed by atoms with Crippen LogP contribution in [-0.2, 0) is 39.6 Å². The Hall–Kier alpha value is -2.26. The van der Waals surface area contributed by atoms with Crippen LogP contribution >= 0.6 is 0 Å². The van der Waals surface area contributed by atoms with E-state index in [0.717, 1.165) is 16.4 Å². The maximum Gasteiger partial charge on any atom is 0.324 e. The molecule has 1 atom stereocenters. The molecule has 0 N–H and O–H groups in total. The summed E-state index contributed by atoms with van der Waals surface area (Å²) in [6, 6.07) is 3.49. The van der Waals surface area contributed by atoms with Gasteiger partial charge in [-0.3, -0.25) is 4.79 Å². The van der Waals surface area contributed by atoms with E-state index >= 15 is 0 Å². The number of nitrogens with zero attached hydrogens (tertiary/aromatic N) is 3. The molecule has 0 saturated carbocycles. The van der Waals surface area contributed by atoms with Gasteiger partial charge in [0.25, 0.3) is 0 Å². The van der Waals surface area contributed by atoms with Gasteiger partial charge in [-0.25, -0.2) is 17.8 Å². The van der Waals surface area contributed by atoms with E-state index in [2.05, 4.69) is 4.98 Å². The van der Waals surface area contributed by atoms with Gasteiger partial charge in [0, 0.05) is 13.5 Å². The fourth-order valence-corrected chi connectivity index (χ4v) is 4.29. The van der Waals surface area contributed by atoms with Crippen molar-refractivity contribution in [1.82, 2.24) is 13.9 Å². The van der Waals surface area contributed by atoms with Crippen molar-refractivity contribution in [2.24, 2.45) is 7.05 Å². The van der Waals surface area contributed by atoms with Crippen molar-refractivity contribution in [3.05, 3.63) is 47.8 Å². The van der Waals surface area contributed by atoms with E-state index in [-0.39, 0.29) is 17.9 Å². The molecule has 0 fully saturated rings. The third-order valence-corrected chi connectivity index (χ3v) is 5.95. The van der Waals surface area contributed by atoms with Crippen LogP contribution in [0.2, 0.25) is 0 Å². The van der Waals surface area contributed by atoms with Crippen LogP contribution in [0.1, 0.15) is 11.4 Å². The van der Waals surface area contributed by atoms with Gasteiger partial charge in [0.15, 0.2) is 0 Å². The van der Waals surface area contributed by atoms with Crippen molar-refractivity contribution >= 4 is 16.0 Å². The van der Waals surface area contributed by atoms with Crippen molar-refractivity contribution in [3.63, 3.8) is 0 Å². The fourth-order valence-electron chi connectivity index (χ4n) is 2.75. The number of hydrogen-bond acceptors (Lipinski definition) is 5. The molecule has 1 aromatic heterocycles. The minimum Gasteiger partial charge on any atom is -0.468 e. The molecule has 0 amide bonds. The number of benzene rings is 1. The lowest BCUT2D eigenvalue weighted by molar-refractivity contribution is -0.145. The second-order valence-electron chi connectivity index (χ2n) is 5.50. The van der Waals surface area contributed by atoms with Gasteiger partial charge in [0.05, 0.1) is 36.3 Å². The van der Waals surface area contributed by atoms with Crippen LogP contribution in [0.15, 0.2) is 35.5 Å². The molecule has 0 radical (unpaired) electrons. The summed E-state index contributed by atoms with van der Waals surface area (Å²) >= 11 is 0. The van der Waals surface area contributed by atoms with Gasteiger partial charge in [-0.15, -0.1) is 0 Å². The number of hydrogen-bond donors (Lipinski definition) is 0. The number of aryl methyl sites for hydroxylation is 1. The second-order valence-corrected chi connectivity index (χ2v) is 7.39. The number of fused-ring (bicyclic) bond motifs is 1. The molecule has 0 bridgehead atoms.